The molecule has 0 spiro atoms. The minimum Gasteiger partial charge on any atom is -0.298 e. The molecular weight excluding hydrogens is 289 g/mol. The summed E-state index contributed by atoms with van der Waals surface area (Å²) in [5, 5.41) is 1.71. The van der Waals surface area contributed by atoms with Gasteiger partial charge >= 0.3 is 0 Å². The molecule has 2 rings (SSSR count). The molecule has 4 heteroatoms. The van der Waals surface area contributed by atoms with E-state index in [4.69, 9.17) is 34.8 Å². The highest BCUT2D eigenvalue weighted by Crippen LogP contribution is 2.30. The number of hydrogen-bond donors (Lipinski definition) is 0. The topological polar surface area (TPSA) is 3.24 Å². The second-order valence-corrected chi connectivity index (χ2v) is 6.36. The Bertz CT molecular complexity index is 388. The Kier molecular flexibility index (Phi) is 5.20. The van der Waals surface area contributed by atoms with Crippen molar-refractivity contribution in [1.29, 1.82) is 0 Å². The molecule has 1 aromatic rings. The van der Waals surface area contributed by atoms with E-state index in [1.54, 1.807) is 0 Å². The minimum absolute atomic E-state index is 0.241. The van der Waals surface area contributed by atoms with Crippen LogP contribution in [0.25, 0.3) is 0 Å². The van der Waals surface area contributed by atoms with E-state index in [1.807, 2.05) is 18.2 Å². The van der Waals surface area contributed by atoms with Crippen LogP contribution in [0.5, 0.6) is 0 Å². The fourth-order valence-corrected chi connectivity index (χ4v) is 3.60. The van der Waals surface area contributed by atoms with Gasteiger partial charge in [-0.1, -0.05) is 42.1 Å². The maximum absolute atomic E-state index is 6.42. The van der Waals surface area contributed by atoms with E-state index in [9.17, 15) is 0 Å². The zero-order chi connectivity index (χ0) is 13.1. The molecule has 0 aliphatic heterocycles. The molecule has 0 radical (unpaired) electrons. The van der Waals surface area contributed by atoms with Gasteiger partial charge in [0.15, 0.2) is 0 Å². The van der Waals surface area contributed by atoms with Gasteiger partial charge in [0, 0.05) is 33.6 Å². The SMILES string of the molecule is CN(Cc1c(Cl)cccc1Cl)C1CCCCC1Cl. The number of benzene rings is 1. The predicted molar refractivity (Wildman–Crippen MR) is 79.8 cm³/mol. The van der Waals surface area contributed by atoms with E-state index < -0.39 is 0 Å². The van der Waals surface area contributed by atoms with Gasteiger partial charge in [-0.2, -0.15) is 0 Å². The molecule has 0 amide bonds. The lowest BCUT2D eigenvalue weighted by Gasteiger charge is -2.35. The Morgan fingerprint density at radius 1 is 1.17 bits per heavy atom. The Balaban J connectivity index is 2.08. The second-order valence-electron chi connectivity index (χ2n) is 4.98. The third-order valence-electron chi connectivity index (χ3n) is 3.68. The first-order valence-electron chi connectivity index (χ1n) is 6.37. The second kappa shape index (κ2) is 6.47. The van der Waals surface area contributed by atoms with Crippen LogP contribution < -0.4 is 0 Å². The van der Waals surface area contributed by atoms with Crippen molar-refractivity contribution >= 4 is 34.8 Å². The van der Waals surface area contributed by atoms with Crippen LogP contribution in [0.4, 0.5) is 0 Å². The van der Waals surface area contributed by atoms with Crippen LogP contribution in [0, 0.1) is 0 Å². The van der Waals surface area contributed by atoms with Gasteiger partial charge in [-0.15, -0.1) is 11.6 Å². The molecule has 1 aromatic carbocycles. The highest BCUT2D eigenvalue weighted by atomic mass is 35.5. The van der Waals surface area contributed by atoms with Crippen molar-refractivity contribution in [3.05, 3.63) is 33.8 Å². The van der Waals surface area contributed by atoms with Crippen molar-refractivity contribution in [2.24, 2.45) is 0 Å². The highest BCUT2D eigenvalue weighted by molar-refractivity contribution is 6.35. The summed E-state index contributed by atoms with van der Waals surface area (Å²) in [7, 11) is 2.10. The average molecular weight is 307 g/mol. The molecule has 0 heterocycles. The molecule has 0 aromatic heterocycles. The summed E-state index contributed by atoms with van der Waals surface area (Å²) in [6.07, 6.45) is 4.76. The van der Waals surface area contributed by atoms with Crippen LogP contribution in [-0.2, 0) is 6.54 Å². The van der Waals surface area contributed by atoms with Gasteiger partial charge in [0.2, 0.25) is 0 Å². The first kappa shape index (κ1) is 14.5. The first-order chi connectivity index (χ1) is 8.59. The van der Waals surface area contributed by atoms with Crippen molar-refractivity contribution in [1.82, 2.24) is 4.90 Å². The quantitative estimate of drug-likeness (QED) is 0.712. The number of rotatable bonds is 3. The van der Waals surface area contributed by atoms with Crippen LogP contribution >= 0.6 is 34.8 Å². The average Bonchev–Trinajstić information content (AvgIpc) is 2.34. The molecule has 1 fully saturated rings. The predicted octanol–water partition coefficient (Wildman–Crippen LogP) is 4.98. The van der Waals surface area contributed by atoms with Crippen LogP contribution in [0.15, 0.2) is 18.2 Å². The van der Waals surface area contributed by atoms with E-state index in [-0.39, 0.29) is 5.38 Å². The van der Waals surface area contributed by atoms with Crippen molar-refractivity contribution < 1.29 is 0 Å². The van der Waals surface area contributed by atoms with Crippen molar-refractivity contribution in [2.75, 3.05) is 7.05 Å². The number of halogens is 3. The zero-order valence-corrected chi connectivity index (χ0v) is 12.8. The van der Waals surface area contributed by atoms with E-state index >= 15 is 0 Å². The molecule has 2 unspecified atom stereocenters. The largest absolute Gasteiger partial charge is 0.298 e. The van der Waals surface area contributed by atoms with Crippen LogP contribution in [0.1, 0.15) is 31.2 Å². The lowest BCUT2D eigenvalue weighted by atomic mass is 9.93. The molecular formula is C14H18Cl3N. The lowest BCUT2D eigenvalue weighted by Crippen LogP contribution is -2.40. The Morgan fingerprint density at radius 2 is 1.78 bits per heavy atom. The van der Waals surface area contributed by atoms with E-state index in [2.05, 4.69) is 11.9 Å². The van der Waals surface area contributed by atoms with Crippen LogP contribution in [-0.4, -0.2) is 23.4 Å². The molecule has 1 aliphatic carbocycles. The summed E-state index contributed by atoms with van der Waals surface area (Å²) in [4.78, 5) is 2.28. The van der Waals surface area contributed by atoms with Gasteiger partial charge in [0.05, 0.1) is 0 Å². The van der Waals surface area contributed by atoms with Gasteiger partial charge < -0.3 is 0 Å². The third-order valence-corrected chi connectivity index (χ3v) is 4.90. The van der Waals surface area contributed by atoms with Crippen LogP contribution in [0.2, 0.25) is 10.0 Å². The van der Waals surface area contributed by atoms with Gasteiger partial charge in [0.25, 0.3) is 0 Å². The zero-order valence-electron chi connectivity index (χ0n) is 10.5. The molecule has 1 aliphatic rings. The summed E-state index contributed by atoms with van der Waals surface area (Å²) in [5.41, 5.74) is 0.998. The Labute approximate surface area is 124 Å². The summed E-state index contributed by atoms with van der Waals surface area (Å²) in [6.45, 7) is 0.756. The molecule has 0 saturated heterocycles. The molecule has 1 saturated carbocycles. The molecule has 0 bridgehead atoms. The van der Waals surface area contributed by atoms with Crippen molar-refractivity contribution in [2.45, 2.75) is 43.6 Å². The lowest BCUT2D eigenvalue weighted by molar-refractivity contribution is 0.188. The maximum atomic E-state index is 6.42. The normalized spacial score (nSPS) is 24.5. The summed E-state index contributed by atoms with van der Waals surface area (Å²) >= 11 is 18.8. The van der Waals surface area contributed by atoms with E-state index in [0.717, 1.165) is 35.0 Å². The highest BCUT2D eigenvalue weighted by Gasteiger charge is 2.27. The van der Waals surface area contributed by atoms with Gasteiger partial charge in [-0.25, -0.2) is 0 Å². The van der Waals surface area contributed by atoms with Gasteiger partial charge in [0.1, 0.15) is 0 Å². The number of nitrogens with zero attached hydrogens (tertiary/aromatic N) is 1. The molecule has 18 heavy (non-hydrogen) atoms. The first-order valence-corrected chi connectivity index (χ1v) is 7.56. The molecule has 1 nitrogen and oxygen atoms in total. The van der Waals surface area contributed by atoms with Gasteiger partial charge in [-0.3, -0.25) is 4.90 Å². The maximum Gasteiger partial charge on any atom is 0.0491 e. The fraction of sp³-hybridized carbons (Fsp3) is 0.571. The Morgan fingerprint density at radius 3 is 2.39 bits per heavy atom. The summed E-state index contributed by atoms with van der Waals surface area (Å²) in [6, 6.07) is 6.07. The van der Waals surface area contributed by atoms with Crippen molar-refractivity contribution in [3.8, 4) is 0 Å². The Hall–Kier alpha value is 0.0500. The standard InChI is InChI=1S/C14H18Cl3N/c1-18(14-8-3-2-5-13(14)17)9-10-11(15)6-4-7-12(10)16/h4,6-7,13-14H,2-3,5,8-9H2,1H3. The monoisotopic (exact) mass is 305 g/mol. The summed E-state index contributed by atoms with van der Waals surface area (Å²) in [5.74, 6) is 0. The third kappa shape index (κ3) is 3.33. The smallest absolute Gasteiger partial charge is 0.0491 e. The molecule has 100 valence electrons. The van der Waals surface area contributed by atoms with E-state index in [0.29, 0.717) is 6.04 Å². The van der Waals surface area contributed by atoms with E-state index in [1.165, 1.54) is 12.8 Å². The minimum atomic E-state index is 0.241. The molecule has 0 N–H and O–H groups in total. The fourth-order valence-electron chi connectivity index (χ4n) is 2.61. The van der Waals surface area contributed by atoms with Crippen LogP contribution in [0.3, 0.4) is 0 Å². The molecule has 2 atom stereocenters. The van der Waals surface area contributed by atoms with Gasteiger partial charge in [-0.05, 0) is 32.0 Å². The number of hydrogen-bond acceptors (Lipinski definition) is 1. The number of alkyl halides is 1. The summed E-state index contributed by atoms with van der Waals surface area (Å²) < 4.78 is 0. The van der Waals surface area contributed by atoms with Crippen molar-refractivity contribution in [3.63, 3.8) is 0 Å².